The molecule has 3 rings (SSSR count). The number of nitrogens with zero attached hydrogens (tertiary/aromatic N) is 4. The highest BCUT2D eigenvalue weighted by molar-refractivity contribution is 5.70. The molecule has 0 bridgehead atoms. The molecule has 0 saturated carbocycles. The highest BCUT2D eigenvalue weighted by Crippen LogP contribution is 2.21. The molecule has 2 aromatic rings. The quantitative estimate of drug-likeness (QED) is 0.787. The third-order valence-corrected chi connectivity index (χ3v) is 4.06. The first-order valence-corrected chi connectivity index (χ1v) is 8.43. The molecule has 6 nitrogen and oxygen atoms in total. The van der Waals surface area contributed by atoms with Crippen molar-refractivity contribution in [2.75, 3.05) is 33.2 Å². The van der Waals surface area contributed by atoms with Gasteiger partial charge in [-0.1, -0.05) is 18.2 Å². The predicted octanol–water partition coefficient (Wildman–Crippen LogP) is 4.24. The zero-order valence-corrected chi connectivity index (χ0v) is 14.3. The molecule has 0 aromatic heterocycles. The van der Waals surface area contributed by atoms with E-state index in [1.807, 2.05) is 30.3 Å². The van der Waals surface area contributed by atoms with Crippen LogP contribution in [0.2, 0.25) is 0 Å². The first-order valence-electron chi connectivity index (χ1n) is 8.43. The van der Waals surface area contributed by atoms with Crippen molar-refractivity contribution in [2.24, 2.45) is 10.2 Å². The molecule has 0 radical (unpaired) electrons. The summed E-state index contributed by atoms with van der Waals surface area (Å²) in [5.74, 6) is 0.515. The smallest absolute Gasteiger partial charge is 0.410 e. The second kappa shape index (κ2) is 8.39. The van der Waals surface area contributed by atoms with Crippen molar-refractivity contribution in [3.63, 3.8) is 0 Å². The monoisotopic (exact) mass is 338 g/mol. The summed E-state index contributed by atoms with van der Waals surface area (Å²) >= 11 is 0. The van der Waals surface area contributed by atoms with Crippen molar-refractivity contribution >= 4 is 17.5 Å². The SMILES string of the molecule is CN1CCCN(C(=O)Oc2ccc(/N=N/c3ccccc3)cc2)CC1. The number of likely N-dealkylation sites (N-methyl/N-ethyl adjacent to an activating group) is 1. The minimum atomic E-state index is -0.297. The number of benzene rings is 2. The number of hydrogen-bond donors (Lipinski definition) is 0. The maximum Gasteiger partial charge on any atom is 0.415 e. The molecule has 0 unspecified atom stereocenters. The summed E-state index contributed by atoms with van der Waals surface area (Å²) < 4.78 is 5.46. The average molecular weight is 338 g/mol. The summed E-state index contributed by atoms with van der Waals surface area (Å²) in [4.78, 5) is 16.2. The molecule has 1 aliphatic heterocycles. The maximum absolute atomic E-state index is 12.3. The molecule has 6 heteroatoms. The Hall–Kier alpha value is -2.73. The Labute approximate surface area is 147 Å². The van der Waals surface area contributed by atoms with E-state index < -0.39 is 0 Å². The van der Waals surface area contributed by atoms with E-state index in [2.05, 4.69) is 22.2 Å². The molecule has 1 amide bonds. The molecular formula is C19H22N4O2. The molecule has 1 heterocycles. The lowest BCUT2D eigenvalue weighted by Crippen LogP contribution is -2.36. The molecule has 1 saturated heterocycles. The Morgan fingerprint density at radius 3 is 2.28 bits per heavy atom. The van der Waals surface area contributed by atoms with Gasteiger partial charge in [0.25, 0.3) is 0 Å². The van der Waals surface area contributed by atoms with Crippen LogP contribution < -0.4 is 4.74 Å². The first kappa shape index (κ1) is 17.1. The summed E-state index contributed by atoms with van der Waals surface area (Å²) in [5, 5.41) is 8.34. The zero-order chi connectivity index (χ0) is 17.5. The van der Waals surface area contributed by atoms with Gasteiger partial charge in [-0.3, -0.25) is 0 Å². The minimum absolute atomic E-state index is 0.297. The molecule has 130 valence electrons. The number of azo groups is 1. The first-order chi connectivity index (χ1) is 12.2. The molecule has 25 heavy (non-hydrogen) atoms. The van der Waals surface area contributed by atoms with Gasteiger partial charge in [-0.25, -0.2) is 4.79 Å². The lowest BCUT2D eigenvalue weighted by molar-refractivity contribution is 0.154. The van der Waals surface area contributed by atoms with E-state index in [1.165, 1.54) is 0 Å². The zero-order valence-electron chi connectivity index (χ0n) is 14.3. The van der Waals surface area contributed by atoms with Gasteiger partial charge in [0.1, 0.15) is 5.75 Å². The van der Waals surface area contributed by atoms with Gasteiger partial charge in [0.15, 0.2) is 0 Å². The van der Waals surface area contributed by atoms with Gasteiger partial charge in [0.05, 0.1) is 11.4 Å². The third kappa shape index (κ3) is 5.12. The topological polar surface area (TPSA) is 57.5 Å². The molecule has 1 aliphatic rings. The van der Waals surface area contributed by atoms with E-state index in [4.69, 9.17) is 4.74 Å². The lowest BCUT2D eigenvalue weighted by atomic mass is 10.3. The van der Waals surface area contributed by atoms with Crippen molar-refractivity contribution in [3.05, 3.63) is 54.6 Å². The molecule has 2 aromatic carbocycles. The van der Waals surface area contributed by atoms with Crippen LogP contribution in [0.25, 0.3) is 0 Å². The van der Waals surface area contributed by atoms with Crippen molar-refractivity contribution in [1.82, 2.24) is 9.80 Å². The number of hydrogen-bond acceptors (Lipinski definition) is 5. The standard InChI is InChI=1S/C19H22N4O2/c1-22-12-5-13-23(15-14-22)19(24)25-18-10-8-17(9-11-18)21-20-16-6-3-2-4-7-16/h2-4,6-11H,5,12-15H2,1H3/b21-20+. The summed E-state index contributed by atoms with van der Waals surface area (Å²) in [6.07, 6.45) is 0.665. The second-order valence-corrected chi connectivity index (χ2v) is 6.04. The van der Waals surface area contributed by atoms with E-state index in [-0.39, 0.29) is 6.09 Å². The van der Waals surface area contributed by atoms with Gasteiger partial charge >= 0.3 is 6.09 Å². The van der Waals surface area contributed by atoms with E-state index in [0.717, 1.165) is 31.7 Å². The van der Waals surface area contributed by atoms with Gasteiger partial charge in [-0.15, -0.1) is 0 Å². The molecule has 1 fully saturated rings. The number of carbonyl (C=O) groups is 1. The van der Waals surface area contributed by atoms with E-state index in [1.54, 1.807) is 29.2 Å². The number of ether oxygens (including phenoxy) is 1. The van der Waals surface area contributed by atoms with Crippen LogP contribution in [0.3, 0.4) is 0 Å². The Morgan fingerprint density at radius 2 is 1.56 bits per heavy atom. The van der Waals surface area contributed by atoms with Gasteiger partial charge in [0.2, 0.25) is 0 Å². The molecule has 0 spiro atoms. The van der Waals surface area contributed by atoms with Gasteiger partial charge < -0.3 is 14.5 Å². The van der Waals surface area contributed by atoms with Crippen LogP contribution in [0.15, 0.2) is 64.8 Å². The lowest BCUT2D eigenvalue weighted by Gasteiger charge is -2.19. The highest BCUT2D eigenvalue weighted by Gasteiger charge is 2.19. The van der Waals surface area contributed by atoms with Crippen molar-refractivity contribution in [3.8, 4) is 5.75 Å². The Kier molecular flexibility index (Phi) is 5.74. The van der Waals surface area contributed by atoms with Crippen LogP contribution in [0.5, 0.6) is 5.75 Å². The van der Waals surface area contributed by atoms with Crippen molar-refractivity contribution in [2.45, 2.75) is 6.42 Å². The van der Waals surface area contributed by atoms with E-state index >= 15 is 0 Å². The molecule has 0 N–H and O–H groups in total. The van der Waals surface area contributed by atoms with Crippen LogP contribution in [0, 0.1) is 0 Å². The van der Waals surface area contributed by atoms with Crippen LogP contribution in [-0.2, 0) is 0 Å². The van der Waals surface area contributed by atoms with Crippen molar-refractivity contribution in [1.29, 1.82) is 0 Å². The van der Waals surface area contributed by atoms with Gasteiger partial charge in [-0.05, 0) is 56.4 Å². The van der Waals surface area contributed by atoms with E-state index in [0.29, 0.717) is 18.0 Å². The molecule has 0 aliphatic carbocycles. The minimum Gasteiger partial charge on any atom is -0.410 e. The molecular weight excluding hydrogens is 316 g/mol. The second-order valence-electron chi connectivity index (χ2n) is 6.04. The van der Waals surface area contributed by atoms with Crippen molar-refractivity contribution < 1.29 is 9.53 Å². The van der Waals surface area contributed by atoms with Crippen LogP contribution in [0.4, 0.5) is 16.2 Å². The fourth-order valence-corrected chi connectivity index (χ4v) is 2.59. The van der Waals surface area contributed by atoms with Crippen LogP contribution >= 0.6 is 0 Å². The Balaban J connectivity index is 1.57. The molecule has 0 atom stereocenters. The summed E-state index contributed by atoms with van der Waals surface area (Å²) in [7, 11) is 2.07. The maximum atomic E-state index is 12.3. The Morgan fingerprint density at radius 1 is 0.880 bits per heavy atom. The van der Waals surface area contributed by atoms with Crippen LogP contribution in [0.1, 0.15) is 6.42 Å². The third-order valence-electron chi connectivity index (χ3n) is 4.06. The van der Waals surface area contributed by atoms with Gasteiger partial charge in [0, 0.05) is 19.6 Å². The predicted molar refractivity (Wildman–Crippen MR) is 96.8 cm³/mol. The number of rotatable bonds is 3. The van der Waals surface area contributed by atoms with E-state index in [9.17, 15) is 4.79 Å². The summed E-state index contributed by atoms with van der Waals surface area (Å²) in [6.45, 7) is 3.30. The average Bonchev–Trinajstić information content (AvgIpc) is 2.87. The highest BCUT2D eigenvalue weighted by atomic mass is 16.6. The summed E-state index contributed by atoms with van der Waals surface area (Å²) in [5.41, 5.74) is 1.50. The normalized spacial score (nSPS) is 16.0. The Bertz CT molecular complexity index is 716. The summed E-state index contributed by atoms with van der Waals surface area (Å²) in [6, 6.07) is 16.6. The van der Waals surface area contributed by atoms with Gasteiger partial charge in [-0.2, -0.15) is 10.2 Å². The fraction of sp³-hybridized carbons (Fsp3) is 0.316. The fourth-order valence-electron chi connectivity index (χ4n) is 2.59. The van der Waals surface area contributed by atoms with Crippen LogP contribution in [-0.4, -0.2) is 49.1 Å². The number of amides is 1. The number of carbonyl (C=O) groups excluding carboxylic acids is 1. The largest absolute Gasteiger partial charge is 0.415 e.